The second-order valence-electron chi connectivity index (χ2n) is 6.01. The Labute approximate surface area is 150 Å². The van der Waals surface area contributed by atoms with Gasteiger partial charge in [0.15, 0.2) is 0 Å². The van der Waals surface area contributed by atoms with Crippen LogP contribution >= 0.6 is 15.9 Å². The van der Waals surface area contributed by atoms with Gasteiger partial charge < -0.3 is 10.1 Å². The van der Waals surface area contributed by atoms with Crippen molar-refractivity contribution in [2.24, 2.45) is 0 Å². The number of hydrogen-bond acceptors (Lipinski definition) is 3. The largest absolute Gasteiger partial charge is 0.497 e. The van der Waals surface area contributed by atoms with Gasteiger partial charge in [-0.1, -0.05) is 24.3 Å². The van der Waals surface area contributed by atoms with E-state index in [1.54, 1.807) is 7.11 Å². The summed E-state index contributed by atoms with van der Waals surface area (Å²) in [5, 5.41) is 2.98. The molecule has 5 heteroatoms. The Morgan fingerprint density at radius 3 is 2.54 bits per heavy atom. The Hall–Kier alpha value is -1.85. The highest BCUT2D eigenvalue weighted by atomic mass is 79.9. The number of ether oxygens (including phenoxy) is 1. The maximum atomic E-state index is 12.4. The maximum absolute atomic E-state index is 12.4. The number of benzene rings is 2. The zero-order valence-electron chi connectivity index (χ0n) is 13.7. The molecule has 24 heavy (non-hydrogen) atoms. The summed E-state index contributed by atoms with van der Waals surface area (Å²) in [5.74, 6) is 0.866. The van der Waals surface area contributed by atoms with Gasteiger partial charge >= 0.3 is 0 Å². The second kappa shape index (κ2) is 7.81. The first-order valence-corrected chi connectivity index (χ1v) is 8.86. The minimum Gasteiger partial charge on any atom is -0.497 e. The molecular weight excluding hydrogens is 368 g/mol. The molecule has 2 aromatic rings. The van der Waals surface area contributed by atoms with Gasteiger partial charge in [0.2, 0.25) is 5.91 Å². The second-order valence-corrected chi connectivity index (χ2v) is 6.87. The van der Waals surface area contributed by atoms with Crippen LogP contribution in [0.15, 0.2) is 53.0 Å². The Kier molecular flexibility index (Phi) is 5.53. The molecule has 0 bridgehead atoms. The number of rotatable bonds is 7. The summed E-state index contributed by atoms with van der Waals surface area (Å²) in [6.07, 6.45) is 2.33. The fourth-order valence-electron chi connectivity index (χ4n) is 2.66. The van der Waals surface area contributed by atoms with Gasteiger partial charge in [-0.15, -0.1) is 0 Å². The van der Waals surface area contributed by atoms with Crippen molar-refractivity contribution in [3.05, 3.63) is 58.6 Å². The van der Waals surface area contributed by atoms with E-state index in [1.165, 1.54) is 18.4 Å². The molecule has 0 aliphatic heterocycles. The Balaban J connectivity index is 1.61. The van der Waals surface area contributed by atoms with Crippen molar-refractivity contribution in [3.63, 3.8) is 0 Å². The summed E-state index contributed by atoms with van der Waals surface area (Å²) in [7, 11) is 1.66. The molecule has 0 aromatic heterocycles. The summed E-state index contributed by atoms with van der Waals surface area (Å²) < 4.78 is 6.09. The van der Waals surface area contributed by atoms with Crippen molar-refractivity contribution in [3.8, 4) is 5.75 Å². The molecule has 0 saturated heterocycles. The average molecular weight is 389 g/mol. The van der Waals surface area contributed by atoms with Crippen LogP contribution in [-0.4, -0.2) is 30.5 Å². The lowest BCUT2D eigenvalue weighted by molar-refractivity contribution is -0.117. The number of anilines is 1. The van der Waals surface area contributed by atoms with E-state index < -0.39 is 0 Å². The summed E-state index contributed by atoms with van der Waals surface area (Å²) >= 11 is 3.46. The summed E-state index contributed by atoms with van der Waals surface area (Å²) in [6, 6.07) is 16.2. The third-order valence-corrected chi connectivity index (χ3v) is 4.79. The predicted molar refractivity (Wildman–Crippen MR) is 99.2 cm³/mol. The van der Waals surface area contributed by atoms with Gasteiger partial charge in [-0.25, -0.2) is 0 Å². The van der Waals surface area contributed by atoms with Gasteiger partial charge in [0.05, 0.1) is 19.3 Å². The van der Waals surface area contributed by atoms with Crippen molar-refractivity contribution in [2.45, 2.75) is 25.4 Å². The molecule has 4 nitrogen and oxygen atoms in total. The van der Waals surface area contributed by atoms with Gasteiger partial charge in [0.1, 0.15) is 5.75 Å². The molecule has 1 fully saturated rings. The van der Waals surface area contributed by atoms with Crippen molar-refractivity contribution in [1.82, 2.24) is 4.90 Å². The van der Waals surface area contributed by atoms with Crippen molar-refractivity contribution in [2.75, 3.05) is 19.0 Å². The van der Waals surface area contributed by atoms with Crippen LogP contribution in [0, 0.1) is 0 Å². The molecule has 126 valence electrons. The van der Waals surface area contributed by atoms with Gasteiger partial charge in [0.25, 0.3) is 0 Å². The number of nitrogens with zero attached hydrogens (tertiary/aromatic N) is 1. The molecule has 1 aliphatic rings. The Morgan fingerprint density at radius 1 is 1.21 bits per heavy atom. The molecule has 2 aromatic carbocycles. The lowest BCUT2D eigenvalue weighted by Crippen LogP contribution is -2.34. The minimum absolute atomic E-state index is 0.0160. The van der Waals surface area contributed by atoms with Crippen LogP contribution in [0.25, 0.3) is 0 Å². The van der Waals surface area contributed by atoms with E-state index in [4.69, 9.17) is 4.74 Å². The van der Waals surface area contributed by atoms with Crippen LogP contribution in [0.1, 0.15) is 18.4 Å². The first-order chi connectivity index (χ1) is 11.7. The van der Waals surface area contributed by atoms with Crippen molar-refractivity contribution in [1.29, 1.82) is 0 Å². The van der Waals surface area contributed by atoms with Crippen LogP contribution in [0.2, 0.25) is 0 Å². The van der Waals surface area contributed by atoms with Gasteiger partial charge in [-0.05, 0) is 58.6 Å². The first-order valence-electron chi connectivity index (χ1n) is 8.07. The number of halogens is 1. The zero-order valence-corrected chi connectivity index (χ0v) is 15.3. The maximum Gasteiger partial charge on any atom is 0.238 e. The third kappa shape index (κ3) is 4.58. The summed E-state index contributed by atoms with van der Waals surface area (Å²) in [5.41, 5.74) is 2.00. The predicted octanol–water partition coefficient (Wildman–Crippen LogP) is 4.06. The molecule has 0 heterocycles. The monoisotopic (exact) mass is 388 g/mol. The molecule has 0 unspecified atom stereocenters. The lowest BCUT2D eigenvalue weighted by atomic mass is 10.2. The average Bonchev–Trinajstić information content (AvgIpc) is 3.42. The lowest BCUT2D eigenvalue weighted by Gasteiger charge is -2.21. The minimum atomic E-state index is 0.0160. The fraction of sp³-hybridized carbons (Fsp3) is 0.316. The van der Waals surface area contributed by atoms with Gasteiger partial charge in [-0.3, -0.25) is 9.69 Å². The van der Waals surface area contributed by atoms with Crippen LogP contribution in [-0.2, 0) is 11.3 Å². The molecule has 1 N–H and O–H groups in total. The highest BCUT2D eigenvalue weighted by molar-refractivity contribution is 9.10. The molecule has 0 radical (unpaired) electrons. The highest BCUT2D eigenvalue weighted by Crippen LogP contribution is 2.29. The molecule has 0 spiro atoms. The molecule has 3 rings (SSSR count). The number of methoxy groups -OCH3 is 1. The van der Waals surface area contributed by atoms with Gasteiger partial charge in [0, 0.05) is 17.1 Å². The van der Waals surface area contributed by atoms with E-state index in [0.29, 0.717) is 12.6 Å². The van der Waals surface area contributed by atoms with E-state index in [2.05, 4.69) is 38.3 Å². The fourth-order valence-corrected chi connectivity index (χ4v) is 3.04. The number of para-hydroxylation sites is 1. The van der Waals surface area contributed by atoms with Crippen LogP contribution in [0.4, 0.5) is 5.69 Å². The van der Waals surface area contributed by atoms with Gasteiger partial charge in [-0.2, -0.15) is 0 Å². The summed E-state index contributed by atoms with van der Waals surface area (Å²) in [6.45, 7) is 1.18. The van der Waals surface area contributed by atoms with Crippen LogP contribution in [0.3, 0.4) is 0 Å². The normalized spacial score (nSPS) is 13.8. The Morgan fingerprint density at radius 2 is 1.92 bits per heavy atom. The Bertz CT molecular complexity index is 699. The first kappa shape index (κ1) is 17.0. The number of hydrogen-bond donors (Lipinski definition) is 1. The van der Waals surface area contributed by atoms with E-state index in [-0.39, 0.29) is 5.91 Å². The van der Waals surface area contributed by atoms with E-state index in [9.17, 15) is 4.79 Å². The number of amides is 1. The van der Waals surface area contributed by atoms with Crippen LogP contribution in [0.5, 0.6) is 5.75 Å². The number of nitrogens with one attached hydrogen (secondary N) is 1. The smallest absolute Gasteiger partial charge is 0.238 e. The van der Waals surface area contributed by atoms with Crippen molar-refractivity contribution >= 4 is 27.5 Å². The number of carbonyl (C=O) groups excluding carboxylic acids is 1. The van der Waals surface area contributed by atoms with Crippen molar-refractivity contribution < 1.29 is 9.53 Å². The number of carbonyl (C=O) groups is 1. The van der Waals surface area contributed by atoms with E-state index >= 15 is 0 Å². The standard InChI is InChI=1S/C19H21BrN2O2/c1-24-16-10-6-14(7-11-16)12-22(15-8-9-15)13-19(23)21-18-5-3-2-4-17(18)20/h2-7,10-11,15H,8-9,12-13H2,1H3,(H,21,23). The third-order valence-electron chi connectivity index (χ3n) is 4.10. The quantitative estimate of drug-likeness (QED) is 0.777. The highest BCUT2D eigenvalue weighted by Gasteiger charge is 2.30. The topological polar surface area (TPSA) is 41.6 Å². The molecule has 1 saturated carbocycles. The SMILES string of the molecule is COc1ccc(CN(CC(=O)Nc2ccccc2Br)C2CC2)cc1. The molecule has 1 amide bonds. The zero-order chi connectivity index (χ0) is 16.9. The van der Waals surface area contributed by atoms with E-state index in [1.807, 2.05) is 36.4 Å². The summed E-state index contributed by atoms with van der Waals surface area (Å²) in [4.78, 5) is 14.6. The molecule has 0 atom stereocenters. The van der Waals surface area contributed by atoms with E-state index in [0.717, 1.165) is 22.5 Å². The molecule has 1 aliphatic carbocycles. The van der Waals surface area contributed by atoms with Crippen LogP contribution < -0.4 is 10.1 Å². The molecular formula is C19H21BrN2O2.